The third-order valence-corrected chi connectivity index (χ3v) is 5.30. The largest absolute Gasteiger partial charge is 0.345 e. The SMILES string of the molecule is Cc1c(Cl)cccc1NC(=O)C[C@H](NC(=O)c1ccccc1Cl)c1ccccc1. The van der Waals surface area contributed by atoms with Gasteiger partial charge in [0, 0.05) is 10.7 Å². The van der Waals surface area contributed by atoms with Crippen LogP contribution in [-0.4, -0.2) is 11.8 Å². The van der Waals surface area contributed by atoms with Crippen LogP contribution in [0.15, 0.2) is 72.8 Å². The van der Waals surface area contributed by atoms with Crippen molar-refractivity contribution in [3.8, 4) is 0 Å². The molecule has 6 heteroatoms. The first kappa shape index (κ1) is 20.9. The van der Waals surface area contributed by atoms with Crippen molar-refractivity contribution in [2.45, 2.75) is 19.4 Å². The molecule has 0 aromatic heterocycles. The second kappa shape index (κ2) is 9.59. The number of carbonyl (C=O) groups is 2. The highest BCUT2D eigenvalue weighted by Gasteiger charge is 2.21. The standard InChI is InChI=1S/C23H20Cl2N2O2/c1-15-18(24)12-7-13-20(15)26-22(28)14-21(16-8-3-2-4-9-16)27-23(29)17-10-5-6-11-19(17)25/h2-13,21H,14H2,1H3,(H,26,28)(H,27,29)/t21-/m0/s1. The lowest BCUT2D eigenvalue weighted by Gasteiger charge is -2.20. The van der Waals surface area contributed by atoms with Crippen LogP contribution in [0.3, 0.4) is 0 Å². The molecule has 1 atom stereocenters. The average molecular weight is 427 g/mol. The first-order valence-corrected chi connectivity index (χ1v) is 9.86. The monoisotopic (exact) mass is 426 g/mol. The topological polar surface area (TPSA) is 58.2 Å². The molecule has 0 radical (unpaired) electrons. The maximum Gasteiger partial charge on any atom is 0.253 e. The smallest absolute Gasteiger partial charge is 0.253 e. The number of amides is 2. The summed E-state index contributed by atoms with van der Waals surface area (Å²) in [5.41, 5.74) is 2.62. The number of nitrogens with one attached hydrogen (secondary N) is 2. The number of benzene rings is 3. The van der Waals surface area contributed by atoms with Gasteiger partial charge in [-0.15, -0.1) is 0 Å². The second-order valence-corrected chi connectivity index (χ2v) is 7.40. The van der Waals surface area contributed by atoms with Crippen LogP contribution in [0.25, 0.3) is 0 Å². The molecule has 3 rings (SSSR count). The molecule has 3 aromatic carbocycles. The summed E-state index contributed by atoms with van der Waals surface area (Å²) in [5.74, 6) is -0.570. The molecule has 0 spiro atoms. The summed E-state index contributed by atoms with van der Waals surface area (Å²) in [6.45, 7) is 1.84. The molecule has 2 N–H and O–H groups in total. The van der Waals surface area contributed by atoms with Crippen LogP contribution in [0.1, 0.15) is 33.9 Å². The van der Waals surface area contributed by atoms with E-state index in [1.54, 1.807) is 42.5 Å². The van der Waals surface area contributed by atoms with Gasteiger partial charge in [0.2, 0.25) is 5.91 Å². The van der Waals surface area contributed by atoms with Crippen LogP contribution in [-0.2, 0) is 4.79 Å². The molecule has 148 valence electrons. The van der Waals surface area contributed by atoms with E-state index in [9.17, 15) is 9.59 Å². The number of hydrogen-bond donors (Lipinski definition) is 2. The van der Waals surface area contributed by atoms with Crippen LogP contribution < -0.4 is 10.6 Å². The lowest BCUT2D eigenvalue weighted by molar-refractivity contribution is -0.116. The zero-order valence-corrected chi connectivity index (χ0v) is 17.3. The van der Waals surface area contributed by atoms with Crippen LogP contribution in [0.4, 0.5) is 5.69 Å². The quantitative estimate of drug-likeness (QED) is 0.522. The molecular weight excluding hydrogens is 407 g/mol. The Morgan fingerprint density at radius 2 is 1.52 bits per heavy atom. The first-order chi connectivity index (χ1) is 14.0. The minimum absolute atomic E-state index is 0.0617. The number of rotatable bonds is 6. The fourth-order valence-electron chi connectivity index (χ4n) is 2.95. The van der Waals surface area contributed by atoms with Crippen molar-refractivity contribution in [1.29, 1.82) is 0 Å². The highest BCUT2D eigenvalue weighted by molar-refractivity contribution is 6.33. The van der Waals surface area contributed by atoms with E-state index in [1.165, 1.54) is 0 Å². The molecule has 0 aliphatic heterocycles. The molecule has 0 unspecified atom stereocenters. The fourth-order valence-corrected chi connectivity index (χ4v) is 3.34. The van der Waals surface area contributed by atoms with Crippen molar-refractivity contribution in [1.82, 2.24) is 5.32 Å². The van der Waals surface area contributed by atoms with Gasteiger partial charge in [0.15, 0.2) is 0 Å². The van der Waals surface area contributed by atoms with Crippen molar-refractivity contribution >= 4 is 40.7 Å². The van der Waals surface area contributed by atoms with Crippen molar-refractivity contribution < 1.29 is 9.59 Å². The van der Waals surface area contributed by atoms with Crippen LogP contribution in [0, 0.1) is 6.92 Å². The molecule has 0 bridgehead atoms. The summed E-state index contributed by atoms with van der Waals surface area (Å²) in [4.78, 5) is 25.5. The Balaban J connectivity index is 1.79. The van der Waals surface area contributed by atoms with Crippen molar-refractivity contribution in [3.05, 3.63) is 99.5 Å². The summed E-state index contributed by atoms with van der Waals surface area (Å²) in [5, 5.41) is 6.73. The van der Waals surface area contributed by atoms with Gasteiger partial charge < -0.3 is 10.6 Å². The zero-order chi connectivity index (χ0) is 20.8. The van der Waals surface area contributed by atoms with E-state index >= 15 is 0 Å². The molecule has 0 fully saturated rings. The normalized spacial score (nSPS) is 11.6. The zero-order valence-electron chi connectivity index (χ0n) is 15.8. The summed E-state index contributed by atoms with van der Waals surface area (Å²) in [6.07, 6.45) is 0.0617. The van der Waals surface area contributed by atoms with Gasteiger partial charge in [0.25, 0.3) is 5.91 Å². The highest BCUT2D eigenvalue weighted by Crippen LogP contribution is 2.25. The van der Waals surface area contributed by atoms with E-state index in [1.807, 2.05) is 37.3 Å². The Labute approximate surface area is 179 Å². The van der Waals surface area contributed by atoms with Gasteiger partial charge in [0.1, 0.15) is 0 Å². The molecule has 0 heterocycles. The maximum absolute atomic E-state index is 12.7. The van der Waals surface area contributed by atoms with E-state index in [2.05, 4.69) is 10.6 Å². The summed E-state index contributed by atoms with van der Waals surface area (Å²) < 4.78 is 0. The molecule has 0 aliphatic carbocycles. The van der Waals surface area contributed by atoms with Gasteiger partial charge in [-0.25, -0.2) is 0 Å². The predicted molar refractivity (Wildman–Crippen MR) is 118 cm³/mol. The van der Waals surface area contributed by atoms with Gasteiger partial charge in [-0.05, 0) is 42.3 Å². The summed E-state index contributed by atoms with van der Waals surface area (Å²) >= 11 is 12.3. The Morgan fingerprint density at radius 3 is 2.24 bits per heavy atom. The lowest BCUT2D eigenvalue weighted by atomic mass is 10.0. The van der Waals surface area contributed by atoms with Gasteiger partial charge in [-0.2, -0.15) is 0 Å². The van der Waals surface area contributed by atoms with E-state index in [0.29, 0.717) is 21.3 Å². The highest BCUT2D eigenvalue weighted by atomic mass is 35.5. The molecule has 2 amide bonds. The number of carbonyl (C=O) groups excluding carboxylic acids is 2. The van der Waals surface area contributed by atoms with E-state index in [4.69, 9.17) is 23.2 Å². The predicted octanol–water partition coefficient (Wildman–Crippen LogP) is 5.80. The van der Waals surface area contributed by atoms with E-state index in [0.717, 1.165) is 11.1 Å². The van der Waals surface area contributed by atoms with Crippen LogP contribution in [0.5, 0.6) is 0 Å². The molecular formula is C23H20Cl2N2O2. The summed E-state index contributed by atoms with van der Waals surface area (Å²) in [6, 6.07) is 21.0. The van der Waals surface area contributed by atoms with Crippen molar-refractivity contribution in [3.63, 3.8) is 0 Å². The van der Waals surface area contributed by atoms with Crippen molar-refractivity contribution in [2.24, 2.45) is 0 Å². The molecule has 0 saturated carbocycles. The molecule has 0 saturated heterocycles. The Bertz CT molecular complexity index is 1020. The second-order valence-electron chi connectivity index (χ2n) is 6.58. The number of halogens is 2. The molecule has 29 heavy (non-hydrogen) atoms. The number of hydrogen-bond acceptors (Lipinski definition) is 2. The van der Waals surface area contributed by atoms with Gasteiger partial charge in [-0.3, -0.25) is 9.59 Å². The minimum atomic E-state index is -0.514. The Hall–Kier alpha value is -2.82. The van der Waals surface area contributed by atoms with Crippen LogP contribution in [0.2, 0.25) is 10.0 Å². The van der Waals surface area contributed by atoms with Gasteiger partial charge in [-0.1, -0.05) is 71.7 Å². The Morgan fingerprint density at radius 1 is 0.862 bits per heavy atom. The fraction of sp³-hybridized carbons (Fsp3) is 0.130. The molecule has 0 aliphatic rings. The van der Waals surface area contributed by atoms with Gasteiger partial charge >= 0.3 is 0 Å². The van der Waals surface area contributed by atoms with Crippen LogP contribution >= 0.6 is 23.2 Å². The maximum atomic E-state index is 12.7. The van der Waals surface area contributed by atoms with E-state index < -0.39 is 6.04 Å². The third kappa shape index (κ3) is 5.37. The lowest BCUT2D eigenvalue weighted by Crippen LogP contribution is -2.31. The number of anilines is 1. The van der Waals surface area contributed by atoms with Gasteiger partial charge in [0.05, 0.1) is 23.0 Å². The third-order valence-electron chi connectivity index (χ3n) is 4.56. The molecule has 3 aromatic rings. The first-order valence-electron chi connectivity index (χ1n) is 9.11. The average Bonchev–Trinajstić information content (AvgIpc) is 2.72. The van der Waals surface area contributed by atoms with Crippen molar-refractivity contribution in [2.75, 3.05) is 5.32 Å². The Kier molecular flexibility index (Phi) is 6.91. The molecule has 4 nitrogen and oxygen atoms in total. The summed E-state index contributed by atoms with van der Waals surface area (Å²) in [7, 11) is 0. The van der Waals surface area contributed by atoms with E-state index in [-0.39, 0.29) is 18.2 Å². The minimum Gasteiger partial charge on any atom is -0.345 e.